The zero-order valence-corrected chi connectivity index (χ0v) is 9.20. The normalized spacial score (nSPS) is 9.00. The zero-order valence-electron chi connectivity index (χ0n) is 6.27. The second-order valence-corrected chi connectivity index (χ2v) is 2.15. The second-order valence-electron chi connectivity index (χ2n) is 2.15. The van der Waals surface area contributed by atoms with Gasteiger partial charge in [-0.1, -0.05) is 12.4 Å². The molecule has 0 aliphatic heterocycles. The Morgan fingerprint density at radius 3 is 2.83 bits per heavy atom. The third kappa shape index (κ3) is 1.83. The first-order valence-corrected chi connectivity index (χ1v) is 3.35. The molecule has 0 N–H and O–H groups in total. The molecule has 0 atom stereocenters. The molecule has 0 radical (unpaired) electrons. The van der Waals surface area contributed by atoms with Gasteiger partial charge in [0.25, 0.3) is 0 Å². The Hall–Kier alpha value is -0.882. The van der Waals surface area contributed by atoms with Crippen molar-refractivity contribution in [1.29, 1.82) is 0 Å². The van der Waals surface area contributed by atoms with Crippen LogP contribution in [-0.4, -0.2) is 9.55 Å². The molecule has 0 aliphatic carbocycles. The molecular weight excluding hydrogens is 320 g/mol. The smallest absolute Gasteiger partial charge is 0.454 e. The summed E-state index contributed by atoms with van der Waals surface area (Å²) in [6.07, 6.45) is 6.32. The van der Waals surface area contributed by atoms with Gasteiger partial charge in [0.05, 0.1) is 0 Å². The van der Waals surface area contributed by atoms with Gasteiger partial charge in [-0.3, -0.25) is 0 Å². The third-order valence-corrected chi connectivity index (χ3v) is 1.41. The monoisotopic (exact) mass is 326 g/mol. The zero-order chi connectivity index (χ0) is 7.52. The van der Waals surface area contributed by atoms with E-state index in [1.165, 1.54) is 0 Å². The van der Waals surface area contributed by atoms with Gasteiger partial charge in [-0.25, -0.2) is 6.07 Å². The molecule has 0 fully saturated rings. The van der Waals surface area contributed by atoms with Gasteiger partial charge >= 0.3 is 21.1 Å². The molecule has 0 saturated carbocycles. The number of hydrogen-bond donors (Lipinski definition) is 0. The van der Waals surface area contributed by atoms with Crippen LogP contribution in [-0.2, 0) is 21.1 Å². The molecule has 2 aromatic rings. The molecule has 0 aliphatic rings. The fraction of sp³-hybridized carbons (Fsp3) is 0. The summed E-state index contributed by atoms with van der Waals surface area (Å²) >= 11 is 0. The van der Waals surface area contributed by atoms with Crippen molar-refractivity contribution in [3.8, 4) is 5.69 Å². The topological polar surface area (TPSA) is 17.8 Å². The molecule has 1 heterocycles. The van der Waals surface area contributed by atoms with E-state index in [4.69, 9.17) is 0 Å². The van der Waals surface area contributed by atoms with Crippen LogP contribution in [0.25, 0.3) is 5.69 Å². The summed E-state index contributed by atoms with van der Waals surface area (Å²) in [6, 6.07) is 10.8. The number of nitrogens with zero attached hydrogens (tertiary/aromatic N) is 2. The Morgan fingerprint density at radius 2 is 2.25 bits per heavy atom. The summed E-state index contributed by atoms with van der Waals surface area (Å²) in [6.45, 7) is 0. The Morgan fingerprint density at radius 1 is 1.33 bits per heavy atom. The minimum atomic E-state index is 0. The molecule has 0 bridgehead atoms. The van der Waals surface area contributed by atoms with Crippen LogP contribution in [0.5, 0.6) is 0 Å². The van der Waals surface area contributed by atoms with E-state index in [9.17, 15) is 0 Å². The summed E-state index contributed by atoms with van der Waals surface area (Å²) in [5, 5.41) is 0. The molecule has 0 spiro atoms. The van der Waals surface area contributed by atoms with Crippen molar-refractivity contribution in [1.82, 2.24) is 9.55 Å². The van der Waals surface area contributed by atoms with E-state index in [1.54, 1.807) is 10.8 Å². The van der Waals surface area contributed by atoms with E-state index in [1.807, 2.05) is 30.5 Å². The van der Waals surface area contributed by atoms with Crippen molar-refractivity contribution in [2.45, 2.75) is 0 Å². The largest absolute Gasteiger partial charge is 2.00 e. The number of aromatic nitrogens is 2. The summed E-state index contributed by atoms with van der Waals surface area (Å²) in [5.74, 6) is 0. The van der Waals surface area contributed by atoms with Gasteiger partial charge in [0, 0.05) is 6.33 Å². The molecule has 1 aromatic carbocycles. The van der Waals surface area contributed by atoms with Gasteiger partial charge < -0.3 is 9.55 Å². The van der Waals surface area contributed by atoms with Crippen LogP contribution in [0.15, 0.2) is 36.7 Å². The fourth-order valence-electron chi connectivity index (χ4n) is 0.897. The van der Waals surface area contributed by atoms with Crippen LogP contribution >= 0.6 is 0 Å². The first-order valence-electron chi connectivity index (χ1n) is 3.35. The quantitative estimate of drug-likeness (QED) is 0.726. The maximum absolute atomic E-state index is 3.82. The van der Waals surface area contributed by atoms with E-state index in [2.05, 4.69) is 17.4 Å². The molecule has 0 saturated heterocycles. The number of rotatable bonds is 1. The summed E-state index contributed by atoms with van der Waals surface area (Å²) in [4.78, 5) is 3.82. The van der Waals surface area contributed by atoms with Crippen LogP contribution < -0.4 is 0 Å². The number of hydrogen-bond acceptors (Lipinski definition) is 1. The first kappa shape index (κ1) is 9.21. The standard InChI is InChI=1S/C9H6N2.W/c1-2-4-9(5-3-1)11-7-6-10-8-11;/h1-4,6-7H;/q-2;+2. The summed E-state index contributed by atoms with van der Waals surface area (Å²) in [5.41, 5.74) is 0.963. The van der Waals surface area contributed by atoms with E-state index >= 15 is 0 Å². The van der Waals surface area contributed by atoms with Crippen LogP contribution in [0, 0.1) is 12.4 Å². The van der Waals surface area contributed by atoms with Crippen molar-refractivity contribution in [3.63, 3.8) is 0 Å². The van der Waals surface area contributed by atoms with Crippen LogP contribution in [0.3, 0.4) is 0 Å². The van der Waals surface area contributed by atoms with Gasteiger partial charge in [0.15, 0.2) is 0 Å². The number of benzene rings is 1. The maximum Gasteiger partial charge on any atom is 2.00 e. The molecule has 0 unspecified atom stereocenters. The minimum Gasteiger partial charge on any atom is -0.454 e. The van der Waals surface area contributed by atoms with Crippen LogP contribution in [0.4, 0.5) is 0 Å². The predicted octanol–water partition coefficient (Wildman–Crippen LogP) is 1.47. The van der Waals surface area contributed by atoms with E-state index in [-0.39, 0.29) is 21.1 Å². The molecule has 2 rings (SSSR count). The molecule has 2 nitrogen and oxygen atoms in total. The average molecular weight is 326 g/mol. The Labute approximate surface area is 85.5 Å². The van der Waals surface area contributed by atoms with Gasteiger partial charge in [0.2, 0.25) is 0 Å². The molecular formula is C9H6N2W. The Kier molecular flexibility index (Phi) is 3.24. The van der Waals surface area contributed by atoms with E-state index in [0.29, 0.717) is 0 Å². The molecule has 1 aromatic heterocycles. The average Bonchev–Trinajstić information content (AvgIpc) is 2.58. The molecule has 12 heavy (non-hydrogen) atoms. The SMILES string of the molecule is [W+2].[c-]1ccccc1-n1[c-]ncc1. The molecule has 0 amide bonds. The van der Waals surface area contributed by atoms with E-state index in [0.717, 1.165) is 5.69 Å². The van der Waals surface area contributed by atoms with Crippen LogP contribution in [0.1, 0.15) is 0 Å². The third-order valence-electron chi connectivity index (χ3n) is 1.41. The first-order chi connectivity index (χ1) is 5.47. The van der Waals surface area contributed by atoms with Crippen molar-refractivity contribution >= 4 is 0 Å². The maximum atomic E-state index is 3.82. The second kappa shape index (κ2) is 4.22. The number of imidazole rings is 1. The van der Waals surface area contributed by atoms with Crippen LogP contribution in [0.2, 0.25) is 0 Å². The minimum absolute atomic E-state index is 0. The van der Waals surface area contributed by atoms with Gasteiger partial charge in [0.1, 0.15) is 0 Å². The molecule has 58 valence electrons. The summed E-state index contributed by atoms with van der Waals surface area (Å²) in [7, 11) is 0. The van der Waals surface area contributed by atoms with Gasteiger partial charge in [-0.15, -0.1) is 0 Å². The van der Waals surface area contributed by atoms with Crippen molar-refractivity contribution < 1.29 is 21.1 Å². The van der Waals surface area contributed by atoms with Crippen molar-refractivity contribution in [2.24, 2.45) is 0 Å². The molecule has 3 heteroatoms. The Balaban J connectivity index is 0.000000720. The summed E-state index contributed by atoms with van der Waals surface area (Å²) < 4.78 is 1.79. The Bertz CT molecular complexity index is 316. The van der Waals surface area contributed by atoms with Crippen molar-refractivity contribution in [2.75, 3.05) is 0 Å². The number of para-hydroxylation sites is 1. The van der Waals surface area contributed by atoms with Gasteiger partial charge in [-0.2, -0.15) is 30.0 Å². The predicted molar refractivity (Wildman–Crippen MR) is 41.2 cm³/mol. The van der Waals surface area contributed by atoms with Gasteiger partial charge in [-0.05, 0) is 0 Å². The van der Waals surface area contributed by atoms with Crippen molar-refractivity contribution in [3.05, 3.63) is 49.1 Å². The van der Waals surface area contributed by atoms with E-state index < -0.39 is 0 Å². The fourth-order valence-corrected chi connectivity index (χ4v) is 0.897.